The van der Waals surface area contributed by atoms with E-state index in [-0.39, 0.29) is 0 Å². The molecule has 3 nitrogen and oxygen atoms in total. The zero-order chi connectivity index (χ0) is 14.4. The molecule has 0 amide bonds. The van der Waals surface area contributed by atoms with Gasteiger partial charge >= 0.3 is 0 Å². The van der Waals surface area contributed by atoms with Crippen LogP contribution in [0, 0.1) is 13.8 Å². The summed E-state index contributed by atoms with van der Waals surface area (Å²) in [5.74, 6) is 0. The average Bonchev–Trinajstić information content (AvgIpc) is 2.77. The molecule has 0 spiro atoms. The normalized spacial score (nSPS) is 10.8. The van der Waals surface area contributed by atoms with Crippen molar-refractivity contribution in [2.45, 2.75) is 26.8 Å². The number of anilines is 1. The lowest BCUT2D eigenvalue weighted by atomic mass is 10.3. The Morgan fingerprint density at radius 3 is 2.60 bits per heavy atom. The molecule has 0 aliphatic carbocycles. The summed E-state index contributed by atoms with van der Waals surface area (Å²) in [5, 5.41) is 4.66. The number of benzene rings is 1. The van der Waals surface area contributed by atoms with Crippen LogP contribution in [0.3, 0.4) is 0 Å². The van der Waals surface area contributed by atoms with Crippen LogP contribution in [0.25, 0.3) is 0 Å². The van der Waals surface area contributed by atoms with Gasteiger partial charge in [-0.1, -0.05) is 18.2 Å². The highest BCUT2D eigenvalue weighted by Crippen LogP contribution is 2.16. The number of aryl methyl sites for hydroxylation is 2. The molecule has 0 atom stereocenters. The highest BCUT2D eigenvalue weighted by atomic mass is 32.1. The van der Waals surface area contributed by atoms with Gasteiger partial charge in [-0.2, -0.15) is 0 Å². The first-order valence-corrected chi connectivity index (χ1v) is 7.88. The van der Waals surface area contributed by atoms with Crippen LogP contribution < -0.4 is 10.2 Å². The van der Waals surface area contributed by atoms with Crippen LogP contribution in [0.2, 0.25) is 0 Å². The maximum Gasteiger partial charge on any atom is 0.0900 e. The Balaban J connectivity index is 1.66. The summed E-state index contributed by atoms with van der Waals surface area (Å²) in [5.41, 5.74) is 2.45. The molecule has 108 valence electrons. The van der Waals surface area contributed by atoms with Crippen molar-refractivity contribution in [1.82, 2.24) is 10.3 Å². The predicted octanol–water partition coefficient (Wildman–Crippen LogP) is 3.38. The van der Waals surface area contributed by atoms with Crippen LogP contribution in [0.5, 0.6) is 0 Å². The number of thiazole rings is 1. The Hall–Kier alpha value is -1.39. The van der Waals surface area contributed by atoms with Gasteiger partial charge in [-0.3, -0.25) is 0 Å². The minimum absolute atomic E-state index is 0.937. The smallest absolute Gasteiger partial charge is 0.0900 e. The van der Waals surface area contributed by atoms with Crippen molar-refractivity contribution >= 4 is 17.0 Å². The first kappa shape index (κ1) is 15.0. The van der Waals surface area contributed by atoms with Gasteiger partial charge in [-0.05, 0) is 38.9 Å². The van der Waals surface area contributed by atoms with Crippen LogP contribution in [0.4, 0.5) is 5.69 Å². The zero-order valence-corrected chi connectivity index (χ0v) is 13.3. The Morgan fingerprint density at radius 1 is 1.20 bits per heavy atom. The van der Waals surface area contributed by atoms with Gasteiger partial charge in [0.1, 0.15) is 0 Å². The number of hydrogen-bond donors (Lipinski definition) is 1. The van der Waals surface area contributed by atoms with Crippen LogP contribution in [0.1, 0.15) is 22.0 Å². The number of aromatic nitrogens is 1. The summed E-state index contributed by atoms with van der Waals surface area (Å²) in [6, 6.07) is 10.5. The third-order valence-corrected chi connectivity index (χ3v) is 4.40. The highest BCUT2D eigenvalue weighted by molar-refractivity contribution is 7.11. The minimum atomic E-state index is 0.937. The van der Waals surface area contributed by atoms with E-state index >= 15 is 0 Å². The maximum absolute atomic E-state index is 4.45. The highest BCUT2D eigenvalue weighted by Gasteiger charge is 2.04. The molecule has 20 heavy (non-hydrogen) atoms. The number of hydrogen-bond acceptors (Lipinski definition) is 4. The van der Waals surface area contributed by atoms with E-state index in [2.05, 4.69) is 66.4 Å². The second-order valence-corrected chi connectivity index (χ2v) is 6.32. The number of nitrogens with one attached hydrogen (secondary N) is 1. The molecule has 0 radical (unpaired) electrons. The van der Waals surface area contributed by atoms with Crippen LogP contribution >= 0.6 is 11.3 Å². The molecule has 0 bridgehead atoms. The first-order valence-electron chi connectivity index (χ1n) is 7.06. The monoisotopic (exact) mass is 289 g/mol. The van der Waals surface area contributed by atoms with Crippen molar-refractivity contribution in [3.63, 3.8) is 0 Å². The molecule has 1 N–H and O–H groups in total. The van der Waals surface area contributed by atoms with E-state index in [0.717, 1.165) is 31.1 Å². The van der Waals surface area contributed by atoms with Crippen molar-refractivity contribution in [2.24, 2.45) is 0 Å². The third kappa shape index (κ3) is 4.32. The van der Waals surface area contributed by atoms with Gasteiger partial charge in [0.15, 0.2) is 0 Å². The summed E-state index contributed by atoms with van der Waals surface area (Å²) in [4.78, 5) is 8.10. The Labute approximate surface area is 125 Å². The summed E-state index contributed by atoms with van der Waals surface area (Å²) in [6.45, 7) is 7.19. The largest absolute Gasteiger partial charge is 0.375 e. The van der Waals surface area contributed by atoms with E-state index in [4.69, 9.17) is 0 Å². The van der Waals surface area contributed by atoms with E-state index in [1.54, 1.807) is 11.3 Å². The molecule has 2 aromatic rings. The molecular formula is C16H23N3S. The average molecular weight is 289 g/mol. The SMILES string of the molecule is Cc1nc(C)c(CNCCCN(C)c2ccccc2)s1. The molecule has 0 aliphatic heterocycles. The molecule has 1 aromatic heterocycles. The topological polar surface area (TPSA) is 28.2 Å². The standard InChI is InChI=1S/C16H23N3S/c1-13-16(20-14(2)18-13)12-17-10-7-11-19(3)15-8-5-4-6-9-15/h4-6,8-9,17H,7,10-12H2,1-3H3. The van der Waals surface area contributed by atoms with Gasteiger partial charge in [-0.25, -0.2) is 4.98 Å². The molecule has 0 saturated heterocycles. The molecule has 4 heteroatoms. The summed E-state index contributed by atoms with van der Waals surface area (Å²) in [7, 11) is 2.14. The van der Waals surface area contributed by atoms with E-state index in [1.807, 2.05) is 0 Å². The van der Waals surface area contributed by atoms with Gasteiger partial charge in [0.2, 0.25) is 0 Å². The van der Waals surface area contributed by atoms with Crippen molar-refractivity contribution in [3.05, 3.63) is 45.9 Å². The lowest BCUT2D eigenvalue weighted by Crippen LogP contribution is -2.23. The molecule has 1 aromatic carbocycles. The lowest BCUT2D eigenvalue weighted by Gasteiger charge is -2.19. The fourth-order valence-corrected chi connectivity index (χ4v) is 3.10. The van der Waals surface area contributed by atoms with Gasteiger partial charge in [0.25, 0.3) is 0 Å². The molecular weight excluding hydrogens is 266 g/mol. The van der Waals surface area contributed by atoms with Gasteiger partial charge < -0.3 is 10.2 Å². The van der Waals surface area contributed by atoms with Crippen LogP contribution in [-0.2, 0) is 6.54 Å². The fraction of sp³-hybridized carbons (Fsp3) is 0.438. The molecule has 0 saturated carbocycles. The van der Waals surface area contributed by atoms with Crippen molar-refractivity contribution < 1.29 is 0 Å². The van der Waals surface area contributed by atoms with Crippen LogP contribution in [0.15, 0.2) is 30.3 Å². The first-order chi connectivity index (χ1) is 9.66. The summed E-state index contributed by atoms with van der Waals surface area (Å²) >= 11 is 1.79. The molecule has 0 unspecified atom stereocenters. The maximum atomic E-state index is 4.45. The number of rotatable bonds is 7. The van der Waals surface area contributed by atoms with Crippen molar-refractivity contribution in [2.75, 3.05) is 25.0 Å². The van der Waals surface area contributed by atoms with E-state index in [0.29, 0.717) is 0 Å². The van der Waals surface area contributed by atoms with Crippen molar-refractivity contribution in [3.8, 4) is 0 Å². The molecule has 0 aliphatic rings. The number of nitrogens with zero attached hydrogens (tertiary/aromatic N) is 2. The Morgan fingerprint density at radius 2 is 1.95 bits per heavy atom. The Kier molecular flexibility index (Phi) is 5.56. The summed E-state index contributed by atoms with van der Waals surface area (Å²) < 4.78 is 0. The van der Waals surface area contributed by atoms with E-state index in [1.165, 1.54) is 16.3 Å². The molecule has 1 heterocycles. The van der Waals surface area contributed by atoms with E-state index < -0.39 is 0 Å². The second kappa shape index (κ2) is 7.41. The minimum Gasteiger partial charge on any atom is -0.375 e. The lowest BCUT2D eigenvalue weighted by molar-refractivity contribution is 0.648. The fourth-order valence-electron chi connectivity index (χ4n) is 2.19. The second-order valence-electron chi connectivity index (χ2n) is 5.03. The Bertz CT molecular complexity index is 522. The van der Waals surface area contributed by atoms with Crippen LogP contribution in [-0.4, -0.2) is 25.1 Å². The predicted molar refractivity (Wildman–Crippen MR) is 87.6 cm³/mol. The van der Waals surface area contributed by atoms with E-state index in [9.17, 15) is 0 Å². The van der Waals surface area contributed by atoms with Crippen molar-refractivity contribution in [1.29, 1.82) is 0 Å². The quantitative estimate of drug-likeness (QED) is 0.792. The molecule has 0 fully saturated rings. The third-order valence-electron chi connectivity index (χ3n) is 3.33. The van der Waals surface area contributed by atoms with Gasteiger partial charge in [-0.15, -0.1) is 11.3 Å². The number of para-hydroxylation sites is 1. The summed E-state index contributed by atoms with van der Waals surface area (Å²) in [6.07, 6.45) is 1.14. The molecule has 2 rings (SSSR count). The van der Waals surface area contributed by atoms with Gasteiger partial charge in [0, 0.05) is 30.7 Å². The van der Waals surface area contributed by atoms with Gasteiger partial charge in [0.05, 0.1) is 10.7 Å². The zero-order valence-electron chi connectivity index (χ0n) is 12.5.